The lowest BCUT2D eigenvalue weighted by molar-refractivity contribution is -0.126. The van der Waals surface area contributed by atoms with Gasteiger partial charge in [-0.05, 0) is 77.3 Å². The van der Waals surface area contributed by atoms with Crippen molar-refractivity contribution in [1.29, 1.82) is 0 Å². The van der Waals surface area contributed by atoms with E-state index in [-0.39, 0.29) is 11.8 Å². The summed E-state index contributed by atoms with van der Waals surface area (Å²) < 4.78 is 5.97. The highest BCUT2D eigenvalue weighted by Crippen LogP contribution is 2.26. The van der Waals surface area contributed by atoms with E-state index in [1.54, 1.807) is 0 Å². The lowest BCUT2D eigenvalue weighted by Crippen LogP contribution is -2.42. The largest absolute Gasteiger partial charge is 0.441 e. The van der Waals surface area contributed by atoms with E-state index in [2.05, 4.69) is 48.0 Å². The van der Waals surface area contributed by atoms with Gasteiger partial charge in [0.25, 0.3) is 0 Å². The van der Waals surface area contributed by atoms with Crippen molar-refractivity contribution in [1.82, 2.24) is 20.1 Å². The Bertz CT molecular complexity index is 849. The first kappa shape index (κ1) is 24.5. The number of aromatic nitrogens is 1. The zero-order valence-corrected chi connectivity index (χ0v) is 20.3. The van der Waals surface area contributed by atoms with Gasteiger partial charge in [0.2, 0.25) is 11.8 Å². The SMILES string of the molecule is CCCN(CCC)CCNC(=O)C1CCN(Cc2nc(-c3ccccc3C)oc2C)CC1. The molecule has 6 heteroatoms. The fourth-order valence-corrected chi connectivity index (χ4v) is 4.52. The summed E-state index contributed by atoms with van der Waals surface area (Å²) in [6.07, 6.45) is 4.12. The highest BCUT2D eigenvalue weighted by Gasteiger charge is 2.26. The number of amides is 1. The molecule has 0 aliphatic carbocycles. The first-order valence-corrected chi connectivity index (χ1v) is 12.3. The monoisotopic (exact) mass is 440 g/mol. The number of nitrogens with one attached hydrogen (secondary N) is 1. The highest BCUT2D eigenvalue weighted by molar-refractivity contribution is 5.78. The third kappa shape index (κ3) is 6.66. The van der Waals surface area contributed by atoms with Crippen molar-refractivity contribution in [2.45, 2.75) is 59.9 Å². The van der Waals surface area contributed by atoms with Crippen molar-refractivity contribution in [3.63, 3.8) is 0 Å². The molecule has 0 radical (unpaired) electrons. The Kier molecular flexibility index (Phi) is 9.30. The summed E-state index contributed by atoms with van der Waals surface area (Å²) in [4.78, 5) is 22.2. The van der Waals surface area contributed by atoms with Crippen molar-refractivity contribution in [2.24, 2.45) is 5.92 Å². The molecule has 1 aromatic heterocycles. The predicted molar refractivity (Wildman–Crippen MR) is 129 cm³/mol. The maximum Gasteiger partial charge on any atom is 0.226 e. The van der Waals surface area contributed by atoms with Gasteiger partial charge in [0.05, 0.1) is 5.69 Å². The van der Waals surface area contributed by atoms with Gasteiger partial charge in [-0.3, -0.25) is 9.69 Å². The van der Waals surface area contributed by atoms with Crippen LogP contribution < -0.4 is 5.32 Å². The lowest BCUT2D eigenvalue weighted by atomic mass is 9.96. The summed E-state index contributed by atoms with van der Waals surface area (Å²) in [5.74, 6) is 1.92. The topological polar surface area (TPSA) is 61.6 Å². The average molecular weight is 441 g/mol. The molecule has 2 aromatic rings. The van der Waals surface area contributed by atoms with Crippen LogP contribution >= 0.6 is 0 Å². The van der Waals surface area contributed by atoms with E-state index in [9.17, 15) is 4.79 Å². The number of hydrogen-bond donors (Lipinski definition) is 1. The Balaban J connectivity index is 1.45. The van der Waals surface area contributed by atoms with E-state index in [0.29, 0.717) is 5.89 Å². The fourth-order valence-electron chi connectivity index (χ4n) is 4.52. The Labute approximate surface area is 193 Å². The second-order valence-electron chi connectivity index (χ2n) is 9.02. The van der Waals surface area contributed by atoms with Gasteiger partial charge in [0.15, 0.2) is 0 Å². The van der Waals surface area contributed by atoms with E-state index in [1.165, 1.54) is 5.56 Å². The van der Waals surface area contributed by atoms with Gasteiger partial charge >= 0.3 is 0 Å². The third-order valence-electron chi connectivity index (χ3n) is 6.41. The number of rotatable bonds is 11. The van der Waals surface area contributed by atoms with E-state index in [1.807, 2.05) is 19.1 Å². The zero-order valence-electron chi connectivity index (χ0n) is 20.3. The smallest absolute Gasteiger partial charge is 0.226 e. The maximum atomic E-state index is 12.6. The van der Waals surface area contributed by atoms with Gasteiger partial charge in [0.1, 0.15) is 5.76 Å². The molecule has 2 heterocycles. The van der Waals surface area contributed by atoms with E-state index in [0.717, 1.165) is 88.5 Å². The molecule has 6 nitrogen and oxygen atoms in total. The summed E-state index contributed by atoms with van der Waals surface area (Å²) >= 11 is 0. The van der Waals surface area contributed by atoms with Gasteiger partial charge in [-0.1, -0.05) is 32.0 Å². The first-order valence-electron chi connectivity index (χ1n) is 12.3. The summed E-state index contributed by atoms with van der Waals surface area (Å²) in [7, 11) is 0. The number of nitrogens with zero attached hydrogens (tertiary/aromatic N) is 3. The van der Waals surface area contributed by atoms with Crippen LogP contribution in [-0.2, 0) is 11.3 Å². The molecule has 0 unspecified atom stereocenters. The number of carbonyl (C=O) groups excluding carboxylic acids is 1. The summed E-state index contributed by atoms with van der Waals surface area (Å²) in [5.41, 5.74) is 3.21. The number of likely N-dealkylation sites (tertiary alicyclic amines) is 1. The molecule has 1 aliphatic rings. The van der Waals surface area contributed by atoms with Gasteiger partial charge in [0, 0.05) is 31.1 Å². The molecule has 1 aromatic carbocycles. The van der Waals surface area contributed by atoms with Crippen molar-refractivity contribution >= 4 is 5.91 Å². The van der Waals surface area contributed by atoms with Gasteiger partial charge < -0.3 is 14.6 Å². The molecule has 0 saturated carbocycles. The van der Waals surface area contributed by atoms with Crippen LogP contribution in [0.2, 0.25) is 0 Å². The number of carbonyl (C=O) groups is 1. The summed E-state index contributed by atoms with van der Waals surface area (Å²) in [6, 6.07) is 8.18. The first-order chi connectivity index (χ1) is 15.5. The minimum absolute atomic E-state index is 0.123. The quantitative estimate of drug-likeness (QED) is 0.561. The van der Waals surface area contributed by atoms with E-state index < -0.39 is 0 Å². The summed E-state index contributed by atoms with van der Waals surface area (Å²) in [6.45, 7) is 15.0. The number of aryl methyl sites for hydroxylation is 2. The van der Waals surface area contributed by atoms with Gasteiger partial charge in [-0.2, -0.15) is 0 Å². The Hall–Kier alpha value is -2.18. The van der Waals surface area contributed by atoms with Crippen molar-refractivity contribution in [2.75, 3.05) is 39.3 Å². The van der Waals surface area contributed by atoms with Crippen LogP contribution in [0.25, 0.3) is 11.5 Å². The number of benzene rings is 1. The molecular formula is C26H40N4O2. The minimum atomic E-state index is 0.123. The minimum Gasteiger partial charge on any atom is -0.441 e. The molecule has 1 fully saturated rings. The molecule has 0 spiro atoms. The van der Waals surface area contributed by atoms with Crippen LogP contribution in [0.3, 0.4) is 0 Å². The molecule has 1 aliphatic heterocycles. The van der Waals surface area contributed by atoms with E-state index in [4.69, 9.17) is 9.40 Å². The van der Waals surface area contributed by atoms with E-state index >= 15 is 0 Å². The maximum absolute atomic E-state index is 12.6. The summed E-state index contributed by atoms with van der Waals surface area (Å²) in [5, 5.41) is 3.17. The molecule has 1 N–H and O–H groups in total. The number of oxazole rings is 1. The molecule has 3 rings (SSSR count). The normalized spacial score (nSPS) is 15.4. The van der Waals surface area contributed by atoms with Crippen LogP contribution in [0.4, 0.5) is 0 Å². The van der Waals surface area contributed by atoms with Crippen LogP contribution in [0, 0.1) is 19.8 Å². The van der Waals surface area contributed by atoms with Crippen LogP contribution in [-0.4, -0.2) is 60.0 Å². The average Bonchev–Trinajstić information content (AvgIpc) is 3.14. The molecular weight excluding hydrogens is 400 g/mol. The number of piperidine rings is 1. The fraction of sp³-hybridized carbons (Fsp3) is 0.615. The Morgan fingerprint density at radius 1 is 1.12 bits per heavy atom. The standard InChI is InChI=1S/C26H40N4O2/c1-5-14-29(15-6-2)18-13-27-25(31)22-11-16-30(17-12-22)19-24-21(4)32-26(28-24)23-10-8-7-9-20(23)3/h7-10,22H,5-6,11-19H2,1-4H3,(H,27,31). The second kappa shape index (κ2) is 12.2. The second-order valence-corrected chi connectivity index (χ2v) is 9.02. The molecule has 176 valence electrons. The number of hydrogen-bond acceptors (Lipinski definition) is 5. The molecule has 1 saturated heterocycles. The lowest BCUT2D eigenvalue weighted by Gasteiger charge is -2.31. The third-order valence-corrected chi connectivity index (χ3v) is 6.41. The van der Waals surface area contributed by atoms with Crippen molar-refractivity contribution in [3.8, 4) is 11.5 Å². The van der Waals surface area contributed by atoms with Gasteiger partial charge in [-0.25, -0.2) is 4.98 Å². The molecule has 32 heavy (non-hydrogen) atoms. The van der Waals surface area contributed by atoms with Gasteiger partial charge in [-0.15, -0.1) is 0 Å². The highest BCUT2D eigenvalue weighted by atomic mass is 16.4. The van der Waals surface area contributed by atoms with Crippen molar-refractivity contribution < 1.29 is 9.21 Å². The zero-order chi connectivity index (χ0) is 22.9. The van der Waals surface area contributed by atoms with Crippen molar-refractivity contribution in [3.05, 3.63) is 41.3 Å². The molecule has 0 bridgehead atoms. The Morgan fingerprint density at radius 3 is 2.47 bits per heavy atom. The molecule has 0 atom stereocenters. The predicted octanol–water partition coefficient (Wildman–Crippen LogP) is 4.41. The van der Waals surface area contributed by atoms with Crippen LogP contribution in [0.1, 0.15) is 56.5 Å². The van der Waals surface area contributed by atoms with Crippen LogP contribution in [0.15, 0.2) is 28.7 Å². The Morgan fingerprint density at radius 2 is 1.81 bits per heavy atom. The molecule has 1 amide bonds. The van der Waals surface area contributed by atoms with Crippen LogP contribution in [0.5, 0.6) is 0 Å².